The number of likely N-dealkylation sites (tertiary alicyclic amines) is 1. The molecule has 1 aromatic rings. The molecule has 2 amide bonds. The highest BCUT2D eigenvalue weighted by atomic mass is 32.2. The van der Waals surface area contributed by atoms with Crippen LogP contribution in [-0.4, -0.2) is 48.4 Å². The van der Waals surface area contributed by atoms with E-state index < -0.39 is 0 Å². The fourth-order valence-corrected chi connectivity index (χ4v) is 3.67. The molecule has 0 aromatic heterocycles. The Labute approximate surface area is 149 Å². The largest absolute Gasteiger partial charge is 0.355 e. The van der Waals surface area contributed by atoms with Crippen LogP contribution in [0, 0.1) is 11.8 Å². The van der Waals surface area contributed by atoms with Crippen LogP contribution in [0.15, 0.2) is 30.3 Å². The van der Waals surface area contributed by atoms with Crippen LogP contribution in [-0.2, 0) is 4.79 Å². The molecule has 1 fully saturated rings. The SMILES string of the molecule is CCC1CN(C(=O)c2ccccc2)CCC1CC(=O)NCCSC. The first-order valence-electron chi connectivity index (χ1n) is 8.75. The number of nitrogens with one attached hydrogen (secondary N) is 1. The monoisotopic (exact) mass is 348 g/mol. The predicted octanol–water partition coefficient (Wildman–Crippen LogP) is 3.04. The van der Waals surface area contributed by atoms with E-state index in [4.69, 9.17) is 0 Å². The van der Waals surface area contributed by atoms with Gasteiger partial charge in [0.1, 0.15) is 0 Å². The van der Waals surface area contributed by atoms with Gasteiger partial charge in [0, 0.05) is 37.4 Å². The molecule has 1 heterocycles. The van der Waals surface area contributed by atoms with Crippen molar-refractivity contribution in [3.63, 3.8) is 0 Å². The summed E-state index contributed by atoms with van der Waals surface area (Å²) in [6, 6.07) is 9.46. The second kappa shape index (κ2) is 9.72. The van der Waals surface area contributed by atoms with Gasteiger partial charge >= 0.3 is 0 Å². The van der Waals surface area contributed by atoms with Crippen LogP contribution in [0.1, 0.15) is 36.5 Å². The molecule has 0 saturated carbocycles. The molecule has 1 N–H and O–H groups in total. The topological polar surface area (TPSA) is 49.4 Å². The number of rotatable bonds is 7. The summed E-state index contributed by atoms with van der Waals surface area (Å²) in [4.78, 5) is 26.6. The van der Waals surface area contributed by atoms with Crippen molar-refractivity contribution >= 4 is 23.6 Å². The summed E-state index contributed by atoms with van der Waals surface area (Å²) >= 11 is 1.74. The Morgan fingerprint density at radius 1 is 1.25 bits per heavy atom. The molecular weight excluding hydrogens is 320 g/mol. The first-order chi connectivity index (χ1) is 11.7. The number of nitrogens with zero attached hydrogens (tertiary/aromatic N) is 1. The Balaban J connectivity index is 1.89. The van der Waals surface area contributed by atoms with Gasteiger partial charge < -0.3 is 10.2 Å². The summed E-state index contributed by atoms with van der Waals surface area (Å²) in [5, 5.41) is 3.00. The molecule has 0 bridgehead atoms. The van der Waals surface area contributed by atoms with Gasteiger partial charge in [-0.05, 0) is 36.6 Å². The van der Waals surface area contributed by atoms with E-state index in [1.807, 2.05) is 41.5 Å². The molecule has 1 aliphatic rings. The zero-order valence-electron chi connectivity index (χ0n) is 14.7. The van der Waals surface area contributed by atoms with Crippen LogP contribution >= 0.6 is 11.8 Å². The molecule has 132 valence electrons. The number of hydrogen-bond donors (Lipinski definition) is 1. The second-order valence-corrected chi connectivity index (χ2v) is 7.37. The van der Waals surface area contributed by atoms with E-state index in [1.54, 1.807) is 11.8 Å². The molecule has 5 heteroatoms. The van der Waals surface area contributed by atoms with Crippen LogP contribution in [0.4, 0.5) is 0 Å². The van der Waals surface area contributed by atoms with E-state index >= 15 is 0 Å². The third-order valence-electron chi connectivity index (χ3n) is 4.80. The number of carbonyl (C=O) groups excluding carboxylic acids is 2. The molecule has 0 radical (unpaired) electrons. The maximum Gasteiger partial charge on any atom is 0.253 e. The van der Waals surface area contributed by atoms with E-state index in [0.29, 0.717) is 18.3 Å². The molecule has 0 aliphatic carbocycles. The lowest BCUT2D eigenvalue weighted by molar-refractivity contribution is -0.122. The third kappa shape index (κ3) is 5.26. The van der Waals surface area contributed by atoms with Gasteiger partial charge in [0.25, 0.3) is 5.91 Å². The fraction of sp³-hybridized carbons (Fsp3) is 0.579. The lowest BCUT2D eigenvalue weighted by Gasteiger charge is -2.38. The Kier molecular flexibility index (Phi) is 7.63. The maximum absolute atomic E-state index is 12.6. The first kappa shape index (κ1) is 18.8. The van der Waals surface area contributed by atoms with Crippen LogP contribution in [0.2, 0.25) is 0 Å². The summed E-state index contributed by atoms with van der Waals surface area (Å²) in [6.07, 6.45) is 4.54. The first-order valence-corrected chi connectivity index (χ1v) is 10.1. The van der Waals surface area contributed by atoms with Crippen molar-refractivity contribution in [3.05, 3.63) is 35.9 Å². The van der Waals surface area contributed by atoms with E-state index in [9.17, 15) is 9.59 Å². The van der Waals surface area contributed by atoms with Gasteiger partial charge in [0.2, 0.25) is 5.91 Å². The van der Waals surface area contributed by atoms with Crippen LogP contribution < -0.4 is 5.32 Å². The van der Waals surface area contributed by atoms with Gasteiger partial charge in [-0.25, -0.2) is 0 Å². The zero-order chi connectivity index (χ0) is 17.4. The van der Waals surface area contributed by atoms with E-state index in [2.05, 4.69) is 12.2 Å². The van der Waals surface area contributed by atoms with Gasteiger partial charge in [-0.15, -0.1) is 0 Å². The standard InChI is InChI=1S/C19H28N2O2S/c1-3-15-14-21(19(23)16-7-5-4-6-8-16)11-9-17(15)13-18(22)20-10-12-24-2/h4-8,15,17H,3,9-14H2,1-2H3,(H,20,22). The highest BCUT2D eigenvalue weighted by Crippen LogP contribution is 2.29. The number of piperidine rings is 1. The average molecular weight is 349 g/mol. The summed E-state index contributed by atoms with van der Waals surface area (Å²) in [5.41, 5.74) is 0.751. The highest BCUT2D eigenvalue weighted by molar-refractivity contribution is 7.98. The number of carbonyl (C=O) groups is 2. The normalized spacial score (nSPS) is 20.7. The Morgan fingerprint density at radius 3 is 2.67 bits per heavy atom. The average Bonchev–Trinajstić information content (AvgIpc) is 2.62. The molecule has 24 heavy (non-hydrogen) atoms. The molecule has 1 aliphatic heterocycles. The molecule has 1 aromatic carbocycles. The van der Waals surface area contributed by atoms with Gasteiger partial charge in [0.05, 0.1) is 0 Å². The van der Waals surface area contributed by atoms with Crippen molar-refractivity contribution in [1.29, 1.82) is 0 Å². The molecule has 2 unspecified atom stereocenters. The van der Waals surface area contributed by atoms with Crippen molar-refractivity contribution in [2.24, 2.45) is 11.8 Å². The number of benzene rings is 1. The minimum atomic E-state index is 0.108. The quantitative estimate of drug-likeness (QED) is 0.771. The van der Waals surface area contributed by atoms with Gasteiger partial charge in [-0.1, -0.05) is 31.5 Å². The zero-order valence-corrected chi connectivity index (χ0v) is 15.5. The second-order valence-electron chi connectivity index (χ2n) is 6.38. The summed E-state index contributed by atoms with van der Waals surface area (Å²) in [5.74, 6) is 1.99. The minimum Gasteiger partial charge on any atom is -0.355 e. The van der Waals surface area contributed by atoms with E-state index in [-0.39, 0.29) is 11.8 Å². The minimum absolute atomic E-state index is 0.108. The van der Waals surface area contributed by atoms with Crippen molar-refractivity contribution < 1.29 is 9.59 Å². The van der Waals surface area contributed by atoms with Gasteiger partial charge in [-0.2, -0.15) is 11.8 Å². The molecule has 2 atom stereocenters. The van der Waals surface area contributed by atoms with Crippen LogP contribution in [0.25, 0.3) is 0 Å². The molecule has 2 rings (SSSR count). The summed E-state index contributed by atoms with van der Waals surface area (Å²) in [7, 11) is 0. The van der Waals surface area contributed by atoms with Gasteiger partial charge in [0.15, 0.2) is 0 Å². The van der Waals surface area contributed by atoms with E-state index in [1.165, 1.54) is 0 Å². The summed E-state index contributed by atoms with van der Waals surface area (Å²) < 4.78 is 0. The molecular formula is C19H28N2O2S. The molecule has 4 nitrogen and oxygen atoms in total. The van der Waals surface area contributed by atoms with Crippen LogP contribution in [0.5, 0.6) is 0 Å². The van der Waals surface area contributed by atoms with Crippen molar-refractivity contribution in [1.82, 2.24) is 10.2 Å². The lowest BCUT2D eigenvalue weighted by Crippen LogP contribution is -2.45. The lowest BCUT2D eigenvalue weighted by atomic mass is 9.81. The van der Waals surface area contributed by atoms with Gasteiger partial charge in [-0.3, -0.25) is 9.59 Å². The Morgan fingerprint density at radius 2 is 2.00 bits per heavy atom. The summed E-state index contributed by atoms with van der Waals surface area (Å²) in [6.45, 7) is 4.39. The Bertz CT molecular complexity index is 535. The fourth-order valence-electron chi connectivity index (χ4n) is 3.36. The highest BCUT2D eigenvalue weighted by Gasteiger charge is 2.31. The van der Waals surface area contributed by atoms with Crippen molar-refractivity contribution in [2.45, 2.75) is 26.2 Å². The molecule has 0 spiro atoms. The number of thioether (sulfide) groups is 1. The van der Waals surface area contributed by atoms with Crippen LogP contribution in [0.3, 0.4) is 0 Å². The maximum atomic E-state index is 12.6. The predicted molar refractivity (Wildman–Crippen MR) is 100 cm³/mol. The van der Waals surface area contributed by atoms with E-state index in [0.717, 1.165) is 43.8 Å². The van der Waals surface area contributed by atoms with Crippen molar-refractivity contribution in [2.75, 3.05) is 31.6 Å². The van der Waals surface area contributed by atoms with Crippen molar-refractivity contribution in [3.8, 4) is 0 Å². The number of amides is 2. The molecule has 1 saturated heterocycles. The Hall–Kier alpha value is -1.49. The third-order valence-corrected chi connectivity index (χ3v) is 5.41. The number of hydrogen-bond acceptors (Lipinski definition) is 3. The smallest absolute Gasteiger partial charge is 0.253 e.